The second-order valence-corrected chi connectivity index (χ2v) is 10.2. The van der Waals surface area contributed by atoms with Gasteiger partial charge in [0.1, 0.15) is 17.9 Å². The van der Waals surface area contributed by atoms with Gasteiger partial charge in [0, 0.05) is 23.5 Å². The Hall–Kier alpha value is -4.12. The normalized spacial score (nSPS) is 15.9. The van der Waals surface area contributed by atoms with E-state index in [1.54, 1.807) is 18.0 Å². The van der Waals surface area contributed by atoms with Gasteiger partial charge in [0.25, 0.3) is 0 Å². The van der Waals surface area contributed by atoms with Crippen molar-refractivity contribution < 1.29 is 17.9 Å². The molecule has 1 heterocycles. The number of amidine groups is 2. The van der Waals surface area contributed by atoms with Gasteiger partial charge in [-0.1, -0.05) is 53.7 Å². The van der Waals surface area contributed by atoms with Gasteiger partial charge in [0.2, 0.25) is 0 Å². The van der Waals surface area contributed by atoms with Crippen molar-refractivity contribution in [3.63, 3.8) is 0 Å². The number of aliphatic imine (C=N–C) groups is 2. The topological polar surface area (TPSA) is 87.9 Å². The first-order valence-corrected chi connectivity index (χ1v) is 13.5. The van der Waals surface area contributed by atoms with Crippen molar-refractivity contribution in [3.05, 3.63) is 88.5 Å². The zero-order chi connectivity index (χ0) is 28.7. The standard InChI is InChI=1S/C29H29F3N6OS/c1-19-15-20(2)26(21(3)16-19)38-13-4-14-40-28(38)37-36-17-22-5-7-23(8-6-22)27(33)35-18-34-24-9-11-25(12-10-24)39-29(30,31)32/h5-12,15-18H,4,13-14H2,1-3H3,(H2,33,34,35)/b36-17-,37-28+. The predicted molar refractivity (Wildman–Crippen MR) is 159 cm³/mol. The summed E-state index contributed by atoms with van der Waals surface area (Å²) >= 11 is 1.70. The molecule has 0 aliphatic carbocycles. The highest BCUT2D eigenvalue weighted by Crippen LogP contribution is 2.31. The number of aryl methyl sites for hydroxylation is 3. The Bertz CT molecular complexity index is 1430. The molecule has 0 saturated carbocycles. The van der Waals surface area contributed by atoms with Crippen LogP contribution in [-0.4, -0.2) is 42.2 Å². The summed E-state index contributed by atoms with van der Waals surface area (Å²) < 4.78 is 40.6. The zero-order valence-electron chi connectivity index (χ0n) is 22.3. The Labute approximate surface area is 235 Å². The van der Waals surface area contributed by atoms with Gasteiger partial charge >= 0.3 is 6.36 Å². The number of halogens is 3. The van der Waals surface area contributed by atoms with Gasteiger partial charge in [-0.3, -0.25) is 0 Å². The molecule has 208 valence electrons. The summed E-state index contributed by atoms with van der Waals surface area (Å²) in [5.41, 5.74) is 12.9. The van der Waals surface area contributed by atoms with Gasteiger partial charge in [-0.2, -0.15) is 5.10 Å². The first-order valence-electron chi connectivity index (χ1n) is 12.5. The zero-order valence-corrected chi connectivity index (χ0v) is 23.1. The van der Waals surface area contributed by atoms with Crippen LogP contribution in [0.2, 0.25) is 0 Å². The number of benzene rings is 3. The Balaban J connectivity index is 1.39. The lowest BCUT2D eigenvalue weighted by Gasteiger charge is -2.31. The highest BCUT2D eigenvalue weighted by atomic mass is 32.2. The van der Waals surface area contributed by atoms with Crippen molar-refractivity contribution in [2.24, 2.45) is 25.9 Å². The Kier molecular flexibility index (Phi) is 9.26. The molecule has 2 N–H and O–H groups in total. The van der Waals surface area contributed by atoms with Gasteiger partial charge in [-0.05, 0) is 68.1 Å². The van der Waals surface area contributed by atoms with Crippen LogP contribution in [0.15, 0.2) is 80.9 Å². The maximum atomic E-state index is 12.3. The fourth-order valence-electron chi connectivity index (χ4n) is 4.30. The van der Waals surface area contributed by atoms with Crippen LogP contribution in [0.4, 0.5) is 24.5 Å². The molecule has 11 heteroatoms. The summed E-state index contributed by atoms with van der Waals surface area (Å²) in [5.74, 6) is 0.918. The average Bonchev–Trinajstić information content (AvgIpc) is 2.89. The summed E-state index contributed by atoms with van der Waals surface area (Å²) in [6.45, 7) is 7.27. The highest BCUT2D eigenvalue weighted by Gasteiger charge is 2.31. The SMILES string of the molecule is Cc1cc(C)c(N2CCCS/C2=N/N=C\c2ccc(C(N)=NC=Nc3ccc(OC(F)(F)F)cc3)cc2)c(C)c1. The number of thioether (sulfide) groups is 1. The number of nitrogens with two attached hydrogens (primary N) is 1. The summed E-state index contributed by atoms with van der Waals surface area (Å²) in [7, 11) is 0. The summed E-state index contributed by atoms with van der Waals surface area (Å²) in [6.07, 6.45) is -0.724. The van der Waals surface area contributed by atoms with E-state index >= 15 is 0 Å². The maximum absolute atomic E-state index is 12.3. The van der Waals surface area contributed by atoms with Crippen molar-refractivity contribution in [1.29, 1.82) is 0 Å². The molecule has 0 spiro atoms. The second kappa shape index (κ2) is 12.8. The van der Waals surface area contributed by atoms with Crippen molar-refractivity contribution in [2.75, 3.05) is 17.2 Å². The molecule has 1 aliphatic heterocycles. The highest BCUT2D eigenvalue weighted by molar-refractivity contribution is 8.14. The van der Waals surface area contributed by atoms with Gasteiger partial charge in [-0.15, -0.1) is 18.3 Å². The van der Waals surface area contributed by atoms with Gasteiger partial charge in [0.15, 0.2) is 5.17 Å². The molecule has 3 aromatic carbocycles. The van der Waals surface area contributed by atoms with Crippen molar-refractivity contribution in [1.82, 2.24) is 0 Å². The van der Waals surface area contributed by atoms with Crippen LogP contribution in [0.5, 0.6) is 5.75 Å². The lowest BCUT2D eigenvalue weighted by molar-refractivity contribution is -0.274. The monoisotopic (exact) mass is 566 g/mol. The summed E-state index contributed by atoms with van der Waals surface area (Å²) in [6, 6.07) is 16.8. The Morgan fingerprint density at radius 3 is 2.33 bits per heavy atom. The largest absolute Gasteiger partial charge is 0.573 e. The van der Waals surface area contributed by atoms with Crippen LogP contribution < -0.4 is 15.4 Å². The Morgan fingerprint density at radius 2 is 1.68 bits per heavy atom. The van der Waals surface area contributed by atoms with Crippen molar-refractivity contribution >= 4 is 46.7 Å². The van der Waals surface area contributed by atoms with E-state index in [4.69, 9.17) is 5.73 Å². The number of rotatable bonds is 7. The third-order valence-corrected chi connectivity index (χ3v) is 6.98. The molecule has 0 bridgehead atoms. The third-order valence-electron chi connectivity index (χ3n) is 5.92. The van der Waals surface area contributed by atoms with Crippen molar-refractivity contribution in [3.8, 4) is 5.75 Å². The summed E-state index contributed by atoms with van der Waals surface area (Å²) in [4.78, 5) is 10.4. The van der Waals surface area contributed by atoms with Crippen LogP contribution in [-0.2, 0) is 0 Å². The molecule has 1 fully saturated rings. The van der Waals surface area contributed by atoms with Crippen LogP contribution in [0.3, 0.4) is 0 Å². The number of hydrogen-bond acceptors (Lipinski definition) is 5. The fraction of sp³-hybridized carbons (Fsp3) is 0.241. The van der Waals surface area contributed by atoms with E-state index in [-0.39, 0.29) is 11.6 Å². The minimum Gasteiger partial charge on any atom is -0.406 e. The molecule has 1 aliphatic rings. The smallest absolute Gasteiger partial charge is 0.406 e. The van der Waals surface area contributed by atoms with Gasteiger partial charge in [-0.25, -0.2) is 9.98 Å². The van der Waals surface area contributed by atoms with E-state index < -0.39 is 6.36 Å². The molecule has 0 aromatic heterocycles. The second-order valence-electron chi connectivity index (χ2n) is 9.15. The quantitative estimate of drug-likeness (QED) is 0.191. The van der Waals surface area contributed by atoms with Gasteiger partial charge < -0.3 is 15.4 Å². The molecule has 7 nitrogen and oxygen atoms in total. The molecule has 4 rings (SSSR count). The third kappa shape index (κ3) is 7.95. The van der Waals surface area contributed by atoms with E-state index in [0.717, 1.165) is 29.4 Å². The van der Waals surface area contributed by atoms with Crippen LogP contribution >= 0.6 is 11.8 Å². The van der Waals surface area contributed by atoms with Crippen LogP contribution in [0.1, 0.15) is 34.2 Å². The fourth-order valence-corrected chi connectivity index (χ4v) is 5.20. The molecule has 0 atom stereocenters. The number of nitrogens with zero attached hydrogens (tertiary/aromatic N) is 5. The number of hydrogen-bond donors (Lipinski definition) is 1. The van der Waals surface area contributed by atoms with Crippen molar-refractivity contribution in [2.45, 2.75) is 33.6 Å². The Morgan fingerprint density at radius 1 is 1.00 bits per heavy atom. The molecule has 1 saturated heterocycles. The van der Waals surface area contributed by atoms with Crippen LogP contribution in [0.25, 0.3) is 0 Å². The number of anilines is 1. The maximum Gasteiger partial charge on any atom is 0.573 e. The lowest BCUT2D eigenvalue weighted by atomic mass is 10.0. The van der Waals surface area contributed by atoms with Crippen LogP contribution in [0, 0.1) is 20.8 Å². The van der Waals surface area contributed by atoms with E-state index in [1.165, 1.54) is 53.0 Å². The minimum absolute atomic E-state index is 0.239. The molecular formula is C29H29F3N6OS. The molecule has 0 amide bonds. The molecule has 0 unspecified atom stereocenters. The van der Waals surface area contributed by atoms with Gasteiger partial charge in [0.05, 0.1) is 11.9 Å². The molecular weight excluding hydrogens is 537 g/mol. The lowest BCUT2D eigenvalue weighted by Crippen LogP contribution is -2.35. The molecule has 40 heavy (non-hydrogen) atoms. The van der Waals surface area contributed by atoms with E-state index in [1.807, 2.05) is 24.3 Å². The number of ether oxygens (including phenoxy) is 1. The van der Waals surface area contributed by atoms with E-state index in [0.29, 0.717) is 11.3 Å². The molecule has 3 aromatic rings. The average molecular weight is 567 g/mol. The first kappa shape index (κ1) is 28.9. The van der Waals surface area contributed by atoms with E-state index in [2.05, 4.69) is 62.7 Å². The van der Waals surface area contributed by atoms with E-state index in [9.17, 15) is 13.2 Å². The summed E-state index contributed by atoms with van der Waals surface area (Å²) in [5, 5.41) is 9.77. The molecule has 0 radical (unpaired) electrons. The number of alkyl halides is 3. The first-order chi connectivity index (χ1) is 19.1. The predicted octanol–water partition coefficient (Wildman–Crippen LogP) is 6.91. The minimum atomic E-state index is -4.74.